The molecule has 18 heavy (non-hydrogen) atoms. The number of hydrogen-bond acceptors (Lipinski definition) is 2. The molecule has 1 saturated heterocycles. The van der Waals surface area contributed by atoms with Crippen molar-refractivity contribution in [2.24, 2.45) is 0 Å². The summed E-state index contributed by atoms with van der Waals surface area (Å²) in [5, 5.41) is 3.32. The van der Waals surface area contributed by atoms with Gasteiger partial charge in [-0.3, -0.25) is 4.79 Å². The smallest absolute Gasteiger partial charge is 0.254 e. The number of carbonyl (C=O) groups excluding carboxylic acids is 1. The third kappa shape index (κ3) is 1.89. The normalized spacial score (nSPS) is 21.1. The van der Waals surface area contributed by atoms with Crippen LogP contribution in [0.25, 0.3) is 0 Å². The molecule has 1 N–H and O–H groups in total. The molecular formula is C13H14ClFN2O. The minimum atomic E-state index is -0.491. The third-order valence-electron chi connectivity index (χ3n) is 3.78. The highest BCUT2D eigenvalue weighted by atomic mass is 35.5. The van der Waals surface area contributed by atoms with Crippen molar-refractivity contribution >= 4 is 17.5 Å². The fourth-order valence-corrected chi connectivity index (χ4v) is 2.72. The van der Waals surface area contributed by atoms with Gasteiger partial charge in [0, 0.05) is 25.2 Å². The predicted molar refractivity (Wildman–Crippen MR) is 67.3 cm³/mol. The van der Waals surface area contributed by atoms with Gasteiger partial charge in [-0.05, 0) is 31.0 Å². The van der Waals surface area contributed by atoms with E-state index in [4.69, 9.17) is 11.6 Å². The molecule has 1 amide bonds. The monoisotopic (exact) mass is 268 g/mol. The number of rotatable bonds is 1. The largest absolute Gasteiger partial charge is 0.330 e. The first-order valence-corrected chi connectivity index (χ1v) is 6.48. The summed E-state index contributed by atoms with van der Waals surface area (Å²) in [6.45, 7) is 2.36. The van der Waals surface area contributed by atoms with Crippen LogP contribution in [-0.2, 0) is 0 Å². The van der Waals surface area contributed by atoms with Crippen LogP contribution < -0.4 is 5.32 Å². The number of nitrogens with zero attached hydrogens (tertiary/aromatic N) is 1. The molecule has 1 saturated carbocycles. The number of piperazine rings is 1. The molecule has 2 aliphatic rings. The van der Waals surface area contributed by atoms with Crippen molar-refractivity contribution in [3.8, 4) is 0 Å². The van der Waals surface area contributed by atoms with E-state index >= 15 is 0 Å². The highest BCUT2D eigenvalue weighted by Crippen LogP contribution is 2.43. The van der Waals surface area contributed by atoms with Crippen LogP contribution in [0.5, 0.6) is 0 Å². The number of nitrogens with one attached hydrogen (secondary N) is 1. The summed E-state index contributed by atoms with van der Waals surface area (Å²) in [6.07, 6.45) is 2.08. The van der Waals surface area contributed by atoms with Gasteiger partial charge in [0.2, 0.25) is 0 Å². The molecule has 0 aromatic heterocycles. The van der Waals surface area contributed by atoms with Crippen molar-refractivity contribution in [2.45, 2.75) is 18.4 Å². The minimum Gasteiger partial charge on any atom is -0.330 e. The molecule has 3 nitrogen and oxygen atoms in total. The van der Waals surface area contributed by atoms with E-state index in [0.717, 1.165) is 25.9 Å². The molecule has 0 bridgehead atoms. The Bertz CT molecular complexity index is 502. The minimum absolute atomic E-state index is 0.000770. The van der Waals surface area contributed by atoms with Gasteiger partial charge in [-0.2, -0.15) is 0 Å². The zero-order chi connectivity index (χ0) is 12.8. The van der Waals surface area contributed by atoms with Crippen molar-refractivity contribution in [1.82, 2.24) is 10.2 Å². The third-order valence-corrected chi connectivity index (χ3v) is 4.07. The van der Waals surface area contributed by atoms with Gasteiger partial charge in [0.1, 0.15) is 5.82 Å². The van der Waals surface area contributed by atoms with Gasteiger partial charge in [0.25, 0.3) is 5.91 Å². The van der Waals surface area contributed by atoms with Gasteiger partial charge in [-0.15, -0.1) is 0 Å². The molecule has 0 unspecified atom stereocenters. The van der Waals surface area contributed by atoms with Crippen LogP contribution in [0.15, 0.2) is 18.2 Å². The first-order chi connectivity index (χ1) is 8.62. The van der Waals surface area contributed by atoms with E-state index in [1.165, 1.54) is 18.2 Å². The van der Waals surface area contributed by atoms with Crippen LogP contribution in [0.4, 0.5) is 4.39 Å². The van der Waals surface area contributed by atoms with Gasteiger partial charge in [0.05, 0.1) is 10.6 Å². The summed E-state index contributed by atoms with van der Waals surface area (Å²) in [5.74, 6) is -0.537. The maximum absolute atomic E-state index is 13.1. The summed E-state index contributed by atoms with van der Waals surface area (Å²) in [4.78, 5) is 14.3. The van der Waals surface area contributed by atoms with E-state index in [1.807, 2.05) is 4.90 Å². The average Bonchev–Trinajstić information content (AvgIpc) is 3.13. The molecule has 1 aliphatic carbocycles. The highest BCUT2D eigenvalue weighted by Gasteiger charge is 2.51. The van der Waals surface area contributed by atoms with Gasteiger partial charge in [-0.1, -0.05) is 11.6 Å². The van der Waals surface area contributed by atoms with E-state index in [0.29, 0.717) is 12.1 Å². The molecule has 1 aromatic rings. The Kier molecular flexibility index (Phi) is 2.79. The first kappa shape index (κ1) is 11.9. The second-order valence-electron chi connectivity index (χ2n) is 4.99. The lowest BCUT2D eigenvalue weighted by Crippen LogP contribution is -2.55. The van der Waals surface area contributed by atoms with Crippen LogP contribution in [0.2, 0.25) is 5.02 Å². The molecule has 1 aliphatic heterocycles. The Balaban J connectivity index is 1.87. The van der Waals surface area contributed by atoms with E-state index in [-0.39, 0.29) is 16.5 Å². The Labute approximate surface area is 110 Å². The fourth-order valence-electron chi connectivity index (χ4n) is 2.54. The van der Waals surface area contributed by atoms with Crippen molar-refractivity contribution in [3.63, 3.8) is 0 Å². The maximum atomic E-state index is 13.1. The quantitative estimate of drug-likeness (QED) is 0.846. The van der Waals surface area contributed by atoms with E-state index in [9.17, 15) is 9.18 Å². The molecule has 5 heteroatoms. The number of carbonyl (C=O) groups is 1. The molecule has 1 heterocycles. The zero-order valence-electron chi connectivity index (χ0n) is 9.88. The summed E-state index contributed by atoms with van der Waals surface area (Å²) in [6, 6.07) is 4.16. The van der Waals surface area contributed by atoms with Gasteiger partial charge >= 0.3 is 0 Å². The lowest BCUT2D eigenvalue weighted by molar-refractivity contribution is 0.0600. The zero-order valence-corrected chi connectivity index (χ0v) is 10.6. The van der Waals surface area contributed by atoms with Crippen LogP contribution in [0.3, 0.4) is 0 Å². The molecule has 2 fully saturated rings. The van der Waals surface area contributed by atoms with Crippen molar-refractivity contribution in [1.29, 1.82) is 0 Å². The van der Waals surface area contributed by atoms with Crippen LogP contribution in [-0.4, -0.2) is 36.0 Å². The summed E-state index contributed by atoms with van der Waals surface area (Å²) >= 11 is 5.73. The Morgan fingerprint density at radius 1 is 1.44 bits per heavy atom. The van der Waals surface area contributed by atoms with Crippen molar-refractivity contribution < 1.29 is 9.18 Å². The number of hydrogen-bond donors (Lipinski definition) is 1. The summed E-state index contributed by atoms with van der Waals surface area (Å²) < 4.78 is 13.1. The van der Waals surface area contributed by atoms with E-state index < -0.39 is 5.82 Å². The van der Waals surface area contributed by atoms with Gasteiger partial charge in [0.15, 0.2) is 0 Å². The molecule has 1 aromatic carbocycles. The van der Waals surface area contributed by atoms with Crippen molar-refractivity contribution in [2.75, 3.05) is 19.6 Å². The Morgan fingerprint density at radius 3 is 2.89 bits per heavy atom. The molecular weight excluding hydrogens is 255 g/mol. The maximum Gasteiger partial charge on any atom is 0.254 e. The van der Waals surface area contributed by atoms with Crippen LogP contribution in [0, 0.1) is 5.82 Å². The molecule has 96 valence electrons. The molecule has 0 radical (unpaired) electrons. The molecule has 1 spiro atoms. The highest BCUT2D eigenvalue weighted by molar-refractivity contribution is 6.31. The molecule has 3 rings (SSSR count). The van der Waals surface area contributed by atoms with E-state index in [2.05, 4.69) is 5.32 Å². The molecule has 0 atom stereocenters. The lowest BCUT2D eigenvalue weighted by atomic mass is 10.1. The number of benzene rings is 1. The second kappa shape index (κ2) is 4.21. The first-order valence-electron chi connectivity index (χ1n) is 6.10. The van der Waals surface area contributed by atoms with Crippen LogP contribution >= 0.6 is 11.6 Å². The SMILES string of the molecule is O=C(c1ccc(F)c(Cl)c1)N1CCNCC12CC2. The summed E-state index contributed by atoms with van der Waals surface area (Å²) in [5.41, 5.74) is 0.463. The predicted octanol–water partition coefficient (Wildman–Crippen LogP) is 2.06. The number of halogens is 2. The van der Waals surface area contributed by atoms with E-state index in [1.54, 1.807) is 0 Å². The fraction of sp³-hybridized carbons (Fsp3) is 0.462. The average molecular weight is 269 g/mol. The Hall–Kier alpha value is -1.13. The summed E-state index contributed by atoms with van der Waals surface area (Å²) in [7, 11) is 0. The Morgan fingerprint density at radius 2 is 2.22 bits per heavy atom. The van der Waals surface area contributed by atoms with Gasteiger partial charge < -0.3 is 10.2 Å². The standard InChI is InChI=1S/C13H14ClFN2O/c14-10-7-9(1-2-11(10)15)12(18)17-6-5-16-8-13(17)3-4-13/h1-2,7,16H,3-6,8H2. The topological polar surface area (TPSA) is 32.3 Å². The second-order valence-corrected chi connectivity index (χ2v) is 5.39. The van der Waals surface area contributed by atoms with Crippen molar-refractivity contribution in [3.05, 3.63) is 34.6 Å². The lowest BCUT2D eigenvalue weighted by Gasteiger charge is -2.36. The number of amides is 1. The van der Waals surface area contributed by atoms with Gasteiger partial charge in [-0.25, -0.2) is 4.39 Å². The van der Waals surface area contributed by atoms with Crippen LogP contribution in [0.1, 0.15) is 23.2 Å².